The monoisotopic (exact) mass is 335 g/mol. The molecule has 0 spiro atoms. The van der Waals surface area contributed by atoms with E-state index < -0.39 is 0 Å². The van der Waals surface area contributed by atoms with Gasteiger partial charge < -0.3 is 15.1 Å². The highest BCUT2D eigenvalue weighted by Crippen LogP contribution is 2.30. The molecule has 24 heavy (non-hydrogen) atoms. The van der Waals surface area contributed by atoms with Gasteiger partial charge in [0.2, 0.25) is 5.91 Å². The van der Waals surface area contributed by atoms with Gasteiger partial charge in [-0.2, -0.15) is 0 Å². The van der Waals surface area contributed by atoms with Crippen molar-refractivity contribution >= 4 is 11.9 Å². The van der Waals surface area contributed by atoms with Crippen molar-refractivity contribution in [1.29, 1.82) is 0 Å². The Labute approximate surface area is 146 Å². The molecule has 0 bridgehead atoms. The van der Waals surface area contributed by atoms with Crippen LogP contribution in [0.15, 0.2) is 0 Å². The summed E-state index contributed by atoms with van der Waals surface area (Å²) >= 11 is 0. The van der Waals surface area contributed by atoms with Crippen molar-refractivity contribution in [2.75, 3.05) is 13.1 Å². The van der Waals surface area contributed by atoms with Crippen molar-refractivity contribution in [3.8, 4) is 0 Å². The summed E-state index contributed by atoms with van der Waals surface area (Å²) in [6.07, 6.45) is 10.1. The third-order valence-electron chi connectivity index (χ3n) is 6.38. The molecule has 0 aromatic carbocycles. The van der Waals surface area contributed by atoms with Gasteiger partial charge in [0.05, 0.1) is 0 Å². The predicted molar refractivity (Wildman–Crippen MR) is 94.7 cm³/mol. The first-order valence-corrected chi connectivity index (χ1v) is 9.90. The lowest BCUT2D eigenvalue weighted by molar-refractivity contribution is -0.136. The molecule has 1 aliphatic heterocycles. The maximum atomic E-state index is 12.6. The molecule has 0 aromatic rings. The largest absolute Gasteiger partial charge is 0.337 e. The van der Waals surface area contributed by atoms with Gasteiger partial charge in [-0.1, -0.05) is 13.3 Å². The molecule has 136 valence electrons. The number of carbonyl (C=O) groups excluding carboxylic acids is 2. The second kappa shape index (κ2) is 7.75. The molecular weight excluding hydrogens is 302 g/mol. The van der Waals surface area contributed by atoms with E-state index in [0.717, 1.165) is 51.6 Å². The predicted octanol–water partition coefficient (Wildman–Crippen LogP) is 3.14. The highest BCUT2D eigenvalue weighted by atomic mass is 16.2. The van der Waals surface area contributed by atoms with E-state index in [9.17, 15) is 9.59 Å². The Hall–Kier alpha value is -1.26. The van der Waals surface area contributed by atoms with E-state index in [0.29, 0.717) is 24.0 Å². The zero-order valence-electron chi connectivity index (χ0n) is 15.3. The minimum absolute atomic E-state index is 0.104. The van der Waals surface area contributed by atoms with E-state index in [1.807, 2.05) is 4.90 Å². The maximum Gasteiger partial charge on any atom is 0.317 e. The first kappa shape index (κ1) is 17.6. The minimum atomic E-state index is 0.104. The molecule has 5 nitrogen and oxygen atoms in total. The quantitative estimate of drug-likeness (QED) is 0.861. The number of nitrogens with zero attached hydrogens (tertiary/aromatic N) is 2. The van der Waals surface area contributed by atoms with Crippen LogP contribution in [0.2, 0.25) is 0 Å². The van der Waals surface area contributed by atoms with Crippen LogP contribution in [-0.2, 0) is 4.79 Å². The first-order valence-electron chi connectivity index (χ1n) is 9.90. The average molecular weight is 335 g/mol. The number of hydrogen-bond donors (Lipinski definition) is 1. The van der Waals surface area contributed by atoms with Crippen molar-refractivity contribution in [3.05, 3.63) is 0 Å². The number of likely N-dealkylation sites (tertiary alicyclic amines) is 1. The van der Waals surface area contributed by atoms with Crippen LogP contribution in [-0.4, -0.2) is 53.0 Å². The summed E-state index contributed by atoms with van der Waals surface area (Å²) in [4.78, 5) is 28.8. The highest BCUT2D eigenvalue weighted by molar-refractivity contribution is 5.75. The Morgan fingerprint density at radius 2 is 1.58 bits per heavy atom. The lowest BCUT2D eigenvalue weighted by atomic mass is 9.89. The molecule has 2 aliphatic carbocycles. The fraction of sp³-hybridized carbons (Fsp3) is 0.895. The van der Waals surface area contributed by atoms with E-state index in [2.05, 4.69) is 17.1 Å². The molecule has 3 atom stereocenters. The zero-order chi connectivity index (χ0) is 17.1. The van der Waals surface area contributed by atoms with Gasteiger partial charge in [0, 0.05) is 38.1 Å². The summed E-state index contributed by atoms with van der Waals surface area (Å²) in [6.45, 7) is 5.53. The number of amides is 3. The fourth-order valence-corrected chi connectivity index (χ4v) is 4.65. The number of hydrogen-bond acceptors (Lipinski definition) is 2. The van der Waals surface area contributed by atoms with Crippen molar-refractivity contribution < 1.29 is 9.59 Å². The number of carbonyl (C=O) groups is 2. The van der Waals surface area contributed by atoms with Crippen LogP contribution in [0.5, 0.6) is 0 Å². The Morgan fingerprint density at radius 3 is 2.17 bits per heavy atom. The number of urea groups is 1. The van der Waals surface area contributed by atoms with Crippen molar-refractivity contribution in [1.82, 2.24) is 15.1 Å². The van der Waals surface area contributed by atoms with Crippen LogP contribution in [0, 0.1) is 5.92 Å². The van der Waals surface area contributed by atoms with Crippen LogP contribution in [0.25, 0.3) is 0 Å². The zero-order valence-corrected chi connectivity index (χ0v) is 15.3. The highest BCUT2D eigenvalue weighted by Gasteiger charge is 2.34. The molecule has 3 aliphatic rings. The Bertz CT molecular complexity index is 464. The molecule has 1 heterocycles. The van der Waals surface area contributed by atoms with Gasteiger partial charge in [0.15, 0.2) is 0 Å². The van der Waals surface area contributed by atoms with E-state index in [1.54, 1.807) is 6.92 Å². The molecule has 2 saturated carbocycles. The standard InChI is InChI=1S/C19H33N3O2/c1-14-6-3-10-18(14)20-19(24)21-12-5-9-17(11-13-21)22(15(2)23)16-7-4-8-16/h14,16-18H,3-13H2,1-2H3,(H,20,24)/t14-,17-,18-/m1/s1. The Balaban J connectivity index is 1.54. The summed E-state index contributed by atoms with van der Waals surface area (Å²) in [7, 11) is 0. The van der Waals surface area contributed by atoms with Crippen LogP contribution in [0.3, 0.4) is 0 Å². The molecule has 0 radical (unpaired) electrons. The van der Waals surface area contributed by atoms with Gasteiger partial charge in [-0.3, -0.25) is 4.79 Å². The van der Waals surface area contributed by atoms with E-state index >= 15 is 0 Å². The van der Waals surface area contributed by atoms with Gasteiger partial charge in [0.25, 0.3) is 0 Å². The molecule has 3 amide bonds. The van der Waals surface area contributed by atoms with Gasteiger partial charge in [0.1, 0.15) is 0 Å². The second-order valence-electron chi connectivity index (χ2n) is 8.05. The number of rotatable bonds is 3. The topological polar surface area (TPSA) is 52.7 Å². The SMILES string of the molecule is CC(=O)N(C1CCC1)[C@@H]1CCCN(C(=O)N[C@@H]2CCC[C@H]2C)CC1. The van der Waals surface area contributed by atoms with Gasteiger partial charge >= 0.3 is 6.03 Å². The summed E-state index contributed by atoms with van der Waals surface area (Å²) in [5.74, 6) is 0.808. The van der Waals surface area contributed by atoms with Crippen molar-refractivity contribution in [3.63, 3.8) is 0 Å². The third-order valence-corrected chi connectivity index (χ3v) is 6.38. The van der Waals surface area contributed by atoms with Gasteiger partial charge in [-0.25, -0.2) is 4.79 Å². The molecule has 3 fully saturated rings. The summed E-state index contributed by atoms with van der Waals surface area (Å²) < 4.78 is 0. The molecular formula is C19H33N3O2. The normalized spacial score (nSPS) is 31.2. The summed E-state index contributed by atoms with van der Waals surface area (Å²) in [6, 6.07) is 1.22. The lowest BCUT2D eigenvalue weighted by Crippen LogP contribution is -2.50. The Kier molecular flexibility index (Phi) is 5.67. The van der Waals surface area contributed by atoms with E-state index in [-0.39, 0.29) is 11.9 Å². The summed E-state index contributed by atoms with van der Waals surface area (Å²) in [5, 5.41) is 3.24. The average Bonchev–Trinajstić information content (AvgIpc) is 2.75. The molecule has 0 unspecified atom stereocenters. The lowest BCUT2D eigenvalue weighted by Gasteiger charge is -2.42. The second-order valence-corrected chi connectivity index (χ2v) is 8.05. The van der Waals surface area contributed by atoms with Crippen molar-refractivity contribution in [2.45, 2.75) is 89.8 Å². The van der Waals surface area contributed by atoms with Gasteiger partial charge in [-0.15, -0.1) is 0 Å². The van der Waals surface area contributed by atoms with Crippen LogP contribution in [0.1, 0.15) is 71.6 Å². The molecule has 0 aromatic heterocycles. The van der Waals surface area contributed by atoms with E-state index in [1.165, 1.54) is 19.3 Å². The van der Waals surface area contributed by atoms with E-state index in [4.69, 9.17) is 0 Å². The van der Waals surface area contributed by atoms with Crippen LogP contribution in [0.4, 0.5) is 4.79 Å². The smallest absolute Gasteiger partial charge is 0.317 e. The minimum Gasteiger partial charge on any atom is -0.337 e. The maximum absolute atomic E-state index is 12.6. The fourth-order valence-electron chi connectivity index (χ4n) is 4.65. The number of nitrogens with one attached hydrogen (secondary N) is 1. The van der Waals surface area contributed by atoms with Crippen LogP contribution < -0.4 is 5.32 Å². The van der Waals surface area contributed by atoms with Crippen LogP contribution >= 0.6 is 0 Å². The molecule has 1 N–H and O–H groups in total. The molecule has 1 saturated heterocycles. The molecule has 5 heteroatoms. The van der Waals surface area contributed by atoms with Crippen molar-refractivity contribution in [2.24, 2.45) is 5.92 Å². The summed E-state index contributed by atoms with van der Waals surface area (Å²) in [5.41, 5.74) is 0. The van der Waals surface area contributed by atoms with Gasteiger partial charge in [-0.05, 0) is 57.3 Å². The first-order chi connectivity index (χ1) is 11.6. The third kappa shape index (κ3) is 3.86. The molecule has 3 rings (SSSR count). The Morgan fingerprint density at radius 1 is 0.917 bits per heavy atom.